The standard InChI is InChI=1S/C83H134O17P2/c1-5-9-13-17-21-25-29-32-35-37-38-40-42-45-49-52-56-60-64-68-81(86)94-74-79(100-83(88)70-66-62-58-54-50-46-43-39-36-33-30-26-22-18-14-10-6-2)76-98-102(91,92)96-72-77(84)71-95-101(89,90)97-75-78(99-82(87)69-65-61-57-53-47-28-24-20-16-12-8-4)73-93-80(85)67-63-59-55-51-48-44-41-34-31-27-23-19-15-11-7-3/h9-11,13-15,20-27,32-36,38,40-41,45,48-49,51,59,63,77-79,84H,5-8,12,16-19,28-31,37,39,42-44,46-47,50,52-58,60-62,64-76H2,1-4H3,(H,89,90)(H,91,92)/b13-9-,14-10-,15-11-,24-20-,25-21-,26-22-,27-23-,35-32-,36-33-,40-38-,41-34-,49-45-,51-48-,63-59-. The summed E-state index contributed by atoms with van der Waals surface area (Å²) in [5.74, 6) is -2.40. The molecule has 0 aliphatic heterocycles. The van der Waals surface area contributed by atoms with Crippen molar-refractivity contribution in [3.8, 4) is 0 Å². The fourth-order valence-corrected chi connectivity index (χ4v) is 11.0. The molecule has 0 heterocycles. The molecule has 0 bridgehead atoms. The topological polar surface area (TPSA) is 237 Å². The number of unbranched alkanes of at least 4 members (excludes halogenated alkanes) is 17. The quantitative estimate of drug-likeness (QED) is 0.0169. The maximum Gasteiger partial charge on any atom is 0.472 e. The summed E-state index contributed by atoms with van der Waals surface area (Å²) in [5, 5.41) is 10.6. The minimum absolute atomic E-state index is 0.0589. The van der Waals surface area contributed by atoms with Crippen molar-refractivity contribution in [3.05, 3.63) is 170 Å². The van der Waals surface area contributed by atoms with Crippen molar-refractivity contribution in [1.82, 2.24) is 0 Å². The van der Waals surface area contributed by atoms with Gasteiger partial charge in [-0.05, 0) is 148 Å². The van der Waals surface area contributed by atoms with E-state index < -0.39 is 97.5 Å². The molecule has 0 aliphatic carbocycles. The van der Waals surface area contributed by atoms with Crippen LogP contribution in [0.3, 0.4) is 0 Å². The van der Waals surface area contributed by atoms with E-state index >= 15 is 0 Å². The van der Waals surface area contributed by atoms with Gasteiger partial charge in [-0.15, -0.1) is 0 Å². The lowest BCUT2D eigenvalue weighted by atomic mass is 10.1. The molecule has 102 heavy (non-hydrogen) atoms. The maximum absolute atomic E-state index is 13.1. The Hall–Kier alpha value is -5.58. The van der Waals surface area contributed by atoms with Crippen molar-refractivity contribution in [1.29, 1.82) is 0 Å². The first-order chi connectivity index (χ1) is 49.7. The van der Waals surface area contributed by atoms with E-state index in [4.69, 9.17) is 37.0 Å². The van der Waals surface area contributed by atoms with Crippen LogP contribution in [-0.4, -0.2) is 96.7 Å². The van der Waals surface area contributed by atoms with Crippen molar-refractivity contribution in [2.45, 2.75) is 290 Å². The summed E-state index contributed by atoms with van der Waals surface area (Å²) in [6.07, 6.45) is 86.6. The maximum atomic E-state index is 13.1. The van der Waals surface area contributed by atoms with Gasteiger partial charge in [0.2, 0.25) is 0 Å². The Morgan fingerprint density at radius 2 is 0.549 bits per heavy atom. The van der Waals surface area contributed by atoms with Crippen LogP contribution >= 0.6 is 15.6 Å². The van der Waals surface area contributed by atoms with E-state index in [9.17, 15) is 43.2 Å². The summed E-state index contributed by atoms with van der Waals surface area (Å²) in [5.41, 5.74) is 0. The van der Waals surface area contributed by atoms with Gasteiger partial charge >= 0.3 is 39.5 Å². The number of carbonyl (C=O) groups is 4. The minimum atomic E-state index is -5.00. The molecular weight excluding hydrogens is 1330 g/mol. The Morgan fingerprint density at radius 1 is 0.294 bits per heavy atom. The van der Waals surface area contributed by atoms with Gasteiger partial charge in [0.1, 0.15) is 19.3 Å². The van der Waals surface area contributed by atoms with Gasteiger partial charge in [-0.1, -0.05) is 268 Å². The molecular formula is C83H134O17P2. The molecule has 0 spiro atoms. The monoisotopic (exact) mass is 1460 g/mol. The zero-order valence-corrected chi connectivity index (χ0v) is 64.8. The lowest BCUT2D eigenvalue weighted by molar-refractivity contribution is -0.161. The summed E-state index contributed by atoms with van der Waals surface area (Å²) in [6.45, 7) is 4.29. The fraction of sp³-hybridized carbons (Fsp3) is 0.614. The molecule has 0 saturated carbocycles. The van der Waals surface area contributed by atoms with Crippen LogP contribution < -0.4 is 0 Å². The number of phosphoric ester groups is 2. The van der Waals surface area contributed by atoms with Crippen LogP contribution in [0.2, 0.25) is 0 Å². The van der Waals surface area contributed by atoms with E-state index in [0.29, 0.717) is 25.7 Å². The second-order valence-electron chi connectivity index (χ2n) is 24.8. The number of carbonyl (C=O) groups excluding carboxylic acids is 4. The predicted octanol–water partition coefficient (Wildman–Crippen LogP) is 22.2. The third kappa shape index (κ3) is 72.8. The summed E-state index contributed by atoms with van der Waals surface area (Å²) in [7, 11) is -10.0. The average molecular weight is 1470 g/mol. The van der Waals surface area contributed by atoms with Gasteiger partial charge in [0.15, 0.2) is 12.2 Å². The second-order valence-corrected chi connectivity index (χ2v) is 27.7. The Balaban J connectivity index is 5.45. The highest BCUT2D eigenvalue weighted by atomic mass is 31.2. The van der Waals surface area contributed by atoms with Gasteiger partial charge < -0.3 is 33.8 Å². The van der Waals surface area contributed by atoms with Gasteiger partial charge in [-0.3, -0.25) is 37.3 Å². The van der Waals surface area contributed by atoms with Crippen LogP contribution in [-0.2, 0) is 65.4 Å². The van der Waals surface area contributed by atoms with E-state index in [1.54, 1.807) is 6.08 Å². The minimum Gasteiger partial charge on any atom is -0.462 e. The first-order valence-electron chi connectivity index (χ1n) is 38.4. The number of aliphatic hydroxyl groups is 1. The van der Waals surface area contributed by atoms with Gasteiger partial charge in [0.25, 0.3) is 0 Å². The average Bonchev–Trinajstić information content (AvgIpc) is 0.921. The van der Waals surface area contributed by atoms with E-state index in [1.165, 1.54) is 6.42 Å². The van der Waals surface area contributed by atoms with E-state index in [0.717, 1.165) is 186 Å². The number of ether oxygens (including phenoxy) is 4. The predicted molar refractivity (Wildman–Crippen MR) is 417 cm³/mol. The molecule has 3 N–H and O–H groups in total. The summed E-state index contributed by atoms with van der Waals surface area (Å²) >= 11 is 0. The van der Waals surface area contributed by atoms with Crippen molar-refractivity contribution in [3.63, 3.8) is 0 Å². The molecule has 5 atom stereocenters. The van der Waals surface area contributed by atoms with Crippen LogP contribution in [0.25, 0.3) is 0 Å². The molecule has 0 saturated heterocycles. The van der Waals surface area contributed by atoms with Crippen LogP contribution in [0.15, 0.2) is 170 Å². The third-order valence-corrected chi connectivity index (χ3v) is 17.1. The van der Waals surface area contributed by atoms with Crippen molar-refractivity contribution in [2.24, 2.45) is 0 Å². The van der Waals surface area contributed by atoms with Gasteiger partial charge in [-0.25, -0.2) is 9.13 Å². The Morgan fingerprint density at radius 3 is 0.892 bits per heavy atom. The molecule has 0 aromatic rings. The van der Waals surface area contributed by atoms with E-state index in [2.05, 4.69) is 174 Å². The van der Waals surface area contributed by atoms with Crippen LogP contribution in [0.1, 0.15) is 272 Å². The molecule has 0 radical (unpaired) electrons. The molecule has 0 aromatic heterocycles. The lowest BCUT2D eigenvalue weighted by Crippen LogP contribution is -2.30. The second kappa shape index (κ2) is 73.7. The first kappa shape index (κ1) is 96.4. The Bertz CT molecular complexity index is 2600. The number of allylic oxidation sites excluding steroid dienone is 27. The molecule has 578 valence electrons. The number of rotatable bonds is 70. The van der Waals surface area contributed by atoms with Crippen LogP contribution in [0.4, 0.5) is 0 Å². The van der Waals surface area contributed by atoms with E-state index in [1.807, 2.05) is 18.2 Å². The smallest absolute Gasteiger partial charge is 0.462 e. The molecule has 0 aliphatic rings. The zero-order valence-electron chi connectivity index (χ0n) is 63.0. The first-order valence-corrected chi connectivity index (χ1v) is 41.4. The number of hydrogen-bond acceptors (Lipinski definition) is 15. The molecule has 0 amide bonds. The molecule has 0 aromatic carbocycles. The molecule has 0 rings (SSSR count). The lowest BCUT2D eigenvalue weighted by Gasteiger charge is -2.21. The summed E-state index contributed by atoms with van der Waals surface area (Å²) in [6, 6.07) is 0. The van der Waals surface area contributed by atoms with E-state index in [-0.39, 0.29) is 25.7 Å². The zero-order chi connectivity index (χ0) is 74.6. The van der Waals surface area contributed by atoms with Crippen molar-refractivity contribution < 1.29 is 80.2 Å². The number of hydrogen-bond donors (Lipinski definition) is 3. The summed E-state index contributed by atoms with van der Waals surface area (Å²) < 4.78 is 68.3. The number of phosphoric acid groups is 2. The normalized spacial score (nSPS) is 14.9. The highest BCUT2D eigenvalue weighted by Gasteiger charge is 2.30. The highest BCUT2D eigenvalue weighted by Crippen LogP contribution is 2.45. The largest absolute Gasteiger partial charge is 0.472 e. The Kier molecular flexibility index (Phi) is 69.7. The number of aliphatic hydroxyl groups excluding tert-OH is 1. The van der Waals surface area contributed by atoms with Crippen molar-refractivity contribution in [2.75, 3.05) is 39.6 Å². The number of esters is 4. The third-order valence-electron chi connectivity index (χ3n) is 15.2. The highest BCUT2D eigenvalue weighted by molar-refractivity contribution is 7.47. The van der Waals surface area contributed by atoms with Gasteiger partial charge in [0.05, 0.1) is 32.8 Å². The SMILES string of the molecule is CC/C=C\C/C=C\C/C=C\C/C=C\C/C=C\CCCCCC(=O)OCC(COP(=O)(O)OCC(O)COP(=O)(O)OCC(COC(=O)C/C=C\C/C=C\C/C=C\C/C=C\C/C=C\CC)OC(=O)CCCCCCC/C=C\CCCC)OC(=O)CCCCCCCCC/C=C\C/C=C\C/C=C\CC. The van der Waals surface area contributed by atoms with Gasteiger partial charge in [0, 0.05) is 19.3 Å². The van der Waals surface area contributed by atoms with Crippen molar-refractivity contribution >= 4 is 39.5 Å². The van der Waals surface area contributed by atoms with Gasteiger partial charge in [-0.2, -0.15) is 0 Å². The molecule has 5 unspecified atom stereocenters. The molecule has 19 heteroatoms. The van der Waals surface area contributed by atoms with Crippen LogP contribution in [0.5, 0.6) is 0 Å². The fourth-order valence-electron chi connectivity index (χ4n) is 9.43. The Labute approximate surface area is 616 Å². The summed E-state index contributed by atoms with van der Waals surface area (Å²) in [4.78, 5) is 72.8. The molecule has 0 fully saturated rings. The van der Waals surface area contributed by atoms with Crippen LogP contribution in [0, 0.1) is 0 Å². The molecule has 17 nitrogen and oxygen atoms in total.